The third kappa shape index (κ3) is 6.25. The van der Waals surface area contributed by atoms with Crippen LogP contribution in [0.4, 0.5) is 0 Å². The van der Waals surface area contributed by atoms with Crippen molar-refractivity contribution in [1.82, 2.24) is 10.2 Å². The molecule has 0 aliphatic carbocycles. The summed E-state index contributed by atoms with van der Waals surface area (Å²) >= 11 is 0. The SMILES string of the molecule is CCN(Cc1ccccc1)C(=O)CNCCc1ccc(S(N)(=O)=O)cc1. The summed E-state index contributed by atoms with van der Waals surface area (Å²) in [5.41, 5.74) is 2.09. The summed E-state index contributed by atoms with van der Waals surface area (Å²) in [7, 11) is -3.66. The van der Waals surface area contributed by atoms with E-state index in [1.807, 2.05) is 42.2 Å². The largest absolute Gasteiger partial charge is 0.338 e. The number of hydrogen-bond acceptors (Lipinski definition) is 4. The van der Waals surface area contributed by atoms with E-state index >= 15 is 0 Å². The maximum atomic E-state index is 12.3. The summed E-state index contributed by atoms with van der Waals surface area (Å²) in [6.07, 6.45) is 0.697. The maximum absolute atomic E-state index is 12.3. The van der Waals surface area contributed by atoms with E-state index in [0.29, 0.717) is 26.1 Å². The lowest BCUT2D eigenvalue weighted by Crippen LogP contribution is -2.38. The van der Waals surface area contributed by atoms with Crippen LogP contribution in [-0.4, -0.2) is 38.9 Å². The Morgan fingerprint density at radius 1 is 1.04 bits per heavy atom. The molecular weight excluding hydrogens is 350 g/mol. The van der Waals surface area contributed by atoms with E-state index in [1.165, 1.54) is 12.1 Å². The number of rotatable bonds is 9. The Kier molecular flexibility index (Phi) is 7.32. The van der Waals surface area contributed by atoms with E-state index in [-0.39, 0.29) is 17.3 Å². The Bertz CT molecular complexity index is 806. The second kappa shape index (κ2) is 9.47. The van der Waals surface area contributed by atoms with Gasteiger partial charge in [0.15, 0.2) is 0 Å². The second-order valence-electron chi connectivity index (χ2n) is 6.01. The van der Waals surface area contributed by atoms with Crippen LogP contribution in [0.2, 0.25) is 0 Å². The first kappa shape index (κ1) is 20.1. The minimum absolute atomic E-state index is 0.0564. The molecule has 1 amide bonds. The molecule has 140 valence electrons. The molecule has 2 aromatic carbocycles. The van der Waals surface area contributed by atoms with E-state index in [4.69, 9.17) is 5.14 Å². The van der Waals surface area contributed by atoms with Gasteiger partial charge in [-0.15, -0.1) is 0 Å². The van der Waals surface area contributed by atoms with Crippen LogP contribution in [0.15, 0.2) is 59.5 Å². The van der Waals surface area contributed by atoms with Crippen molar-refractivity contribution in [1.29, 1.82) is 0 Å². The number of amides is 1. The molecule has 0 heterocycles. The molecule has 0 radical (unpaired) electrons. The Morgan fingerprint density at radius 2 is 1.69 bits per heavy atom. The van der Waals surface area contributed by atoms with Crippen LogP contribution in [0.25, 0.3) is 0 Å². The maximum Gasteiger partial charge on any atom is 0.238 e. The van der Waals surface area contributed by atoms with Crippen LogP contribution in [0.1, 0.15) is 18.1 Å². The molecule has 0 bridgehead atoms. The summed E-state index contributed by atoms with van der Waals surface area (Å²) in [6, 6.07) is 16.4. The number of likely N-dealkylation sites (N-methyl/N-ethyl adjacent to an activating group) is 1. The summed E-state index contributed by atoms with van der Waals surface area (Å²) in [4.78, 5) is 14.2. The van der Waals surface area contributed by atoms with Gasteiger partial charge in [0.1, 0.15) is 0 Å². The fraction of sp³-hybridized carbons (Fsp3) is 0.316. The highest BCUT2D eigenvalue weighted by Gasteiger charge is 2.11. The number of nitrogens with zero attached hydrogens (tertiary/aromatic N) is 1. The number of nitrogens with one attached hydrogen (secondary N) is 1. The van der Waals surface area contributed by atoms with Gasteiger partial charge in [0, 0.05) is 13.1 Å². The zero-order chi connectivity index (χ0) is 19.0. The van der Waals surface area contributed by atoms with Crippen molar-refractivity contribution in [3.63, 3.8) is 0 Å². The van der Waals surface area contributed by atoms with Crippen molar-refractivity contribution in [3.8, 4) is 0 Å². The molecule has 0 aliphatic heterocycles. The molecule has 0 fully saturated rings. The Hall–Kier alpha value is -2.22. The lowest BCUT2D eigenvalue weighted by atomic mass is 10.1. The molecule has 2 aromatic rings. The van der Waals surface area contributed by atoms with Crippen molar-refractivity contribution >= 4 is 15.9 Å². The van der Waals surface area contributed by atoms with E-state index < -0.39 is 10.0 Å². The smallest absolute Gasteiger partial charge is 0.238 e. The van der Waals surface area contributed by atoms with E-state index in [9.17, 15) is 13.2 Å². The van der Waals surface area contributed by atoms with Crippen molar-refractivity contribution in [3.05, 3.63) is 65.7 Å². The molecule has 0 aromatic heterocycles. The van der Waals surface area contributed by atoms with Crippen molar-refractivity contribution < 1.29 is 13.2 Å². The van der Waals surface area contributed by atoms with Gasteiger partial charge in [-0.1, -0.05) is 42.5 Å². The van der Waals surface area contributed by atoms with Crippen LogP contribution in [0.3, 0.4) is 0 Å². The predicted molar refractivity (Wildman–Crippen MR) is 102 cm³/mol. The Balaban J connectivity index is 1.77. The van der Waals surface area contributed by atoms with Gasteiger partial charge >= 0.3 is 0 Å². The number of hydrogen-bond donors (Lipinski definition) is 2. The fourth-order valence-electron chi connectivity index (χ4n) is 2.57. The fourth-order valence-corrected chi connectivity index (χ4v) is 3.08. The lowest BCUT2D eigenvalue weighted by molar-refractivity contribution is -0.130. The molecule has 2 rings (SSSR count). The van der Waals surface area contributed by atoms with Crippen LogP contribution < -0.4 is 10.5 Å². The number of carbonyl (C=O) groups is 1. The number of carbonyl (C=O) groups excluding carboxylic acids is 1. The van der Waals surface area contributed by atoms with Crippen LogP contribution >= 0.6 is 0 Å². The summed E-state index contributed by atoms with van der Waals surface area (Å²) < 4.78 is 22.5. The topological polar surface area (TPSA) is 92.5 Å². The zero-order valence-corrected chi connectivity index (χ0v) is 15.7. The Morgan fingerprint density at radius 3 is 2.27 bits per heavy atom. The molecule has 6 nitrogen and oxygen atoms in total. The number of primary sulfonamides is 1. The minimum atomic E-state index is -3.66. The van der Waals surface area contributed by atoms with E-state index in [0.717, 1.165) is 11.1 Å². The minimum Gasteiger partial charge on any atom is -0.338 e. The Labute approximate surface area is 155 Å². The normalized spacial score (nSPS) is 11.3. The average molecular weight is 375 g/mol. The van der Waals surface area contributed by atoms with Crippen LogP contribution in [-0.2, 0) is 27.8 Å². The van der Waals surface area contributed by atoms with E-state index in [1.54, 1.807) is 12.1 Å². The van der Waals surface area contributed by atoms with Gasteiger partial charge in [0.25, 0.3) is 0 Å². The summed E-state index contributed by atoms with van der Waals surface area (Å²) in [6.45, 7) is 4.13. The zero-order valence-electron chi connectivity index (χ0n) is 14.9. The standard InChI is InChI=1S/C19H25N3O3S/c1-2-22(15-17-6-4-3-5-7-17)19(23)14-21-13-12-16-8-10-18(11-9-16)26(20,24)25/h3-11,21H,2,12-15H2,1H3,(H2,20,24,25). The molecule has 0 saturated heterocycles. The van der Waals surface area contributed by atoms with Crippen LogP contribution in [0.5, 0.6) is 0 Å². The molecule has 26 heavy (non-hydrogen) atoms. The molecular formula is C19H25N3O3S. The average Bonchev–Trinajstić information content (AvgIpc) is 2.63. The molecule has 0 atom stereocenters. The third-order valence-corrected chi connectivity index (χ3v) is 5.00. The van der Waals surface area contributed by atoms with Gasteiger partial charge in [-0.3, -0.25) is 4.79 Å². The highest BCUT2D eigenvalue weighted by molar-refractivity contribution is 7.89. The second-order valence-corrected chi connectivity index (χ2v) is 7.57. The highest BCUT2D eigenvalue weighted by Crippen LogP contribution is 2.09. The van der Waals surface area contributed by atoms with Crippen LogP contribution in [0, 0.1) is 0 Å². The van der Waals surface area contributed by atoms with E-state index in [2.05, 4.69) is 5.32 Å². The molecule has 0 unspecified atom stereocenters. The summed E-state index contributed by atoms with van der Waals surface area (Å²) in [5, 5.41) is 8.22. The molecule has 7 heteroatoms. The molecule has 0 aliphatic rings. The molecule has 0 spiro atoms. The first-order valence-corrected chi connectivity index (χ1v) is 10.1. The van der Waals surface area contributed by atoms with Gasteiger partial charge in [-0.25, -0.2) is 13.6 Å². The number of nitrogens with two attached hydrogens (primary N) is 1. The van der Waals surface area contributed by atoms with Gasteiger partial charge in [0.05, 0.1) is 11.4 Å². The van der Waals surface area contributed by atoms with Crippen molar-refractivity contribution in [2.45, 2.75) is 24.8 Å². The van der Waals surface area contributed by atoms with Gasteiger partial charge in [-0.2, -0.15) is 0 Å². The van der Waals surface area contributed by atoms with Crippen molar-refractivity contribution in [2.75, 3.05) is 19.6 Å². The first-order valence-electron chi connectivity index (χ1n) is 8.54. The first-order chi connectivity index (χ1) is 12.4. The molecule has 3 N–H and O–H groups in total. The molecule has 0 saturated carbocycles. The van der Waals surface area contributed by atoms with Gasteiger partial charge in [-0.05, 0) is 43.1 Å². The number of sulfonamides is 1. The predicted octanol–water partition coefficient (Wildman–Crippen LogP) is 1.51. The monoisotopic (exact) mass is 375 g/mol. The number of benzene rings is 2. The lowest BCUT2D eigenvalue weighted by Gasteiger charge is -2.21. The van der Waals surface area contributed by atoms with Gasteiger partial charge in [0.2, 0.25) is 15.9 Å². The summed E-state index contributed by atoms with van der Waals surface area (Å²) in [5.74, 6) is 0.0564. The third-order valence-electron chi connectivity index (χ3n) is 4.07. The highest BCUT2D eigenvalue weighted by atomic mass is 32.2. The van der Waals surface area contributed by atoms with Crippen molar-refractivity contribution in [2.24, 2.45) is 5.14 Å². The van der Waals surface area contributed by atoms with Gasteiger partial charge < -0.3 is 10.2 Å². The quantitative estimate of drug-likeness (QED) is 0.650.